The number of aromatic nitrogens is 2. The predicted octanol–water partition coefficient (Wildman–Crippen LogP) is 13.0. The summed E-state index contributed by atoms with van der Waals surface area (Å²) >= 11 is -0.178. The first kappa shape index (κ1) is 36.1. The second kappa shape index (κ2) is 17.1. The van der Waals surface area contributed by atoms with Crippen molar-refractivity contribution in [2.45, 2.75) is 63.3 Å². The Morgan fingerprint density at radius 2 is 1.46 bits per heavy atom. The van der Waals surface area contributed by atoms with E-state index in [2.05, 4.69) is 101 Å². The quantitative estimate of drug-likeness (QED) is 0.128. The molecule has 0 saturated heterocycles. The van der Waals surface area contributed by atoms with Crippen LogP contribution in [0.2, 0.25) is 17.3 Å². The maximum atomic E-state index is 10.6. The van der Waals surface area contributed by atoms with Gasteiger partial charge in [0, 0.05) is 36.5 Å². The first-order valence-electron chi connectivity index (χ1n) is 20.5. The summed E-state index contributed by atoms with van der Waals surface area (Å²) in [5.41, 5.74) is 8.30. The minimum absolute atomic E-state index is 0. The Labute approximate surface area is 358 Å². The molecule has 0 spiro atoms. The van der Waals surface area contributed by atoms with E-state index in [9.17, 15) is 5.11 Å². The predicted molar refractivity (Wildman–Crippen MR) is 238 cm³/mol. The van der Waals surface area contributed by atoms with Crippen LogP contribution in [0.4, 0.5) is 0 Å². The number of nitrogens with zero attached hydrogens (tertiary/aromatic N) is 2. The van der Waals surface area contributed by atoms with E-state index < -0.39 is 31.6 Å². The molecule has 3 heterocycles. The Morgan fingerprint density at radius 1 is 0.768 bits per heavy atom. The van der Waals surface area contributed by atoms with Gasteiger partial charge in [-0.05, 0) is 56.8 Å². The first-order valence-corrected chi connectivity index (χ1v) is 26.7. The van der Waals surface area contributed by atoms with Crippen LogP contribution in [0, 0.1) is 19.0 Å². The van der Waals surface area contributed by atoms with Crippen LogP contribution in [0.25, 0.3) is 64.9 Å². The van der Waals surface area contributed by atoms with E-state index in [-0.39, 0.29) is 25.7 Å². The largest absolute Gasteiger partial charge is 0.304 e. The van der Waals surface area contributed by atoms with Gasteiger partial charge in [-0.15, -0.1) is 23.8 Å². The van der Waals surface area contributed by atoms with Crippen LogP contribution in [0.5, 0.6) is 0 Å². The number of rotatable bonds is 7. The number of hydrogen-bond donors (Lipinski definition) is 1. The number of fused-ring (bicyclic) bond motifs is 3. The van der Waals surface area contributed by atoms with Crippen molar-refractivity contribution in [2.75, 3.05) is 0 Å². The molecule has 0 unspecified atom stereocenters. The van der Waals surface area contributed by atoms with E-state index in [0.29, 0.717) is 11.3 Å². The second-order valence-corrected chi connectivity index (χ2v) is 27.4. The van der Waals surface area contributed by atoms with Gasteiger partial charge in [0.1, 0.15) is 0 Å². The third kappa shape index (κ3) is 8.99. The van der Waals surface area contributed by atoms with Gasteiger partial charge in [0.2, 0.25) is 0 Å². The van der Waals surface area contributed by atoms with Crippen molar-refractivity contribution in [2.24, 2.45) is 0 Å². The smallest absolute Gasteiger partial charge is 0.0346 e. The van der Waals surface area contributed by atoms with Crippen molar-refractivity contribution in [1.82, 2.24) is 9.97 Å². The summed E-state index contributed by atoms with van der Waals surface area (Å²) < 4.78 is 35.8. The molecule has 0 amide bonds. The first-order chi connectivity index (χ1) is 27.8. The molecule has 5 aromatic carbocycles. The summed E-state index contributed by atoms with van der Waals surface area (Å²) in [5, 5.41) is 12.9. The number of pyridine rings is 2. The zero-order valence-electron chi connectivity index (χ0n) is 36.8. The maximum absolute atomic E-state index is 10.6. The molecule has 0 fully saturated rings. The minimum Gasteiger partial charge on any atom is -0.304 e. The van der Waals surface area contributed by atoms with Gasteiger partial charge in [0.05, 0.1) is 0 Å². The number of aryl methyl sites for hydroxylation is 1. The van der Waals surface area contributed by atoms with E-state index in [4.69, 9.17) is 10.5 Å². The zero-order chi connectivity index (χ0) is 42.3. The van der Waals surface area contributed by atoms with E-state index in [1.165, 1.54) is 31.8 Å². The van der Waals surface area contributed by atoms with Gasteiger partial charge >= 0.3 is 159 Å². The molecule has 1 N–H and O–H groups in total. The fourth-order valence-electron chi connectivity index (χ4n) is 6.75. The summed E-state index contributed by atoms with van der Waals surface area (Å²) in [7, 11) is 0. The molecule has 0 aliphatic carbocycles. The molecule has 0 aliphatic rings. The van der Waals surface area contributed by atoms with Gasteiger partial charge in [-0.25, -0.2) is 0 Å². The molecule has 0 aliphatic heterocycles. The van der Waals surface area contributed by atoms with Crippen molar-refractivity contribution in [1.29, 1.82) is 0 Å². The van der Waals surface area contributed by atoms with Crippen molar-refractivity contribution < 1.29 is 30.7 Å². The van der Waals surface area contributed by atoms with Crippen molar-refractivity contribution >= 4 is 49.2 Å². The van der Waals surface area contributed by atoms with Crippen LogP contribution in [0.15, 0.2) is 134 Å². The van der Waals surface area contributed by atoms with Crippen LogP contribution in [-0.2, 0) is 25.7 Å². The van der Waals surface area contributed by atoms with Gasteiger partial charge in [0.15, 0.2) is 0 Å². The molecule has 0 bridgehead atoms. The van der Waals surface area contributed by atoms with Crippen LogP contribution < -0.4 is 4.40 Å². The van der Waals surface area contributed by atoms with E-state index in [1.54, 1.807) is 31.3 Å². The number of hydrogen-bond acceptors (Lipinski definition) is 4. The van der Waals surface area contributed by atoms with E-state index in [1.807, 2.05) is 68.6 Å². The molecule has 285 valence electrons. The maximum Gasteiger partial charge on any atom is 0.0346 e. The van der Waals surface area contributed by atoms with Crippen LogP contribution in [0.1, 0.15) is 55.8 Å². The number of aliphatic hydroxyl groups is 1. The standard InChI is InChI=1S/C27H22NS.C23H26GeNO.Ir/c1-17(2)24-15-25(28-16-18(24)3)23-11-7-10-22-21-13-12-20(14-26(21)29-27(22)23)19-8-5-4-6-9-19;1-23(2,26)21-13-11-18(15-20(21)17-9-7-6-8-10-17)22-14-12-19(16-25-22)24(3,4)5;/h4-10,12-17H,1-3H3;6-10,12-16,26H,1-5H3;/q2*-1;/i3D3,17D;;. The molecule has 8 aromatic rings. The number of thiophene rings is 1. The van der Waals surface area contributed by atoms with E-state index in [0.717, 1.165) is 43.6 Å². The molecular formula is C50H48GeIrN2OS-2. The third-order valence-electron chi connectivity index (χ3n) is 9.84. The Hall–Kier alpha value is -4.23. The van der Waals surface area contributed by atoms with Crippen molar-refractivity contribution in [3.05, 3.63) is 163 Å². The Balaban J connectivity index is 0.000000204. The fraction of sp³-hybridized carbons (Fsp3) is 0.200. The molecule has 0 saturated carbocycles. The average Bonchev–Trinajstić information content (AvgIpc) is 3.58. The summed E-state index contributed by atoms with van der Waals surface area (Å²) in [6.45, 7) is 4.71. The Kier molecular flexibility index (Phi) is 11.0. The molecule has 8 rings (SSSR count). The SMILES string of the molecule is CC(C)(O)c1c[c-]c(-c2cc[c]([Ge]([CH3])([CH3])[CH3])cn2)cc1-c1ccccc1.[2H]C([2H])([2H])c1cnc(-c2[c-]ccc3c2sc2cc(-c4ccccc4)ccc23)cc1C([2H])(C)C.[Ir]. The summed E-state index contributed by atoms with van der Waals surface area (Å²) in [4.78, 5) is 9.20. The second-order valence-electron chi connectivity index (χ2n) is 15.7. The fourth-order valence-corrected chi connectivity index (χ4v) is 10.2. The monoisotopic (exact) mass is 995 g/mol. The van der Waals surface area contributed by atoms with Gasteiger partial charge in [-0.1, -0.05) is 67.8 Å². The normalized spacial score (nSPS) is 13.1. The van der Waals surface area contributed by atoms with Crippen LogP contribution >= 0.6 is 11.3 Å². The van der Waals surface area contributed by atoms with Crippen LogP contribution in [0.3, 0.4) is 0 Å². The average molecular weight is 994 g/mol. The molecule has 6 heteroatoms. The van der Waals surface area contributed by atoms with Crippen molar-refractivity contribution in [3.63, 3.8) is 0 Å². The number of benzene rings is 5. The molecular weight excluding hydrogens is 941 g/mol. The summed E-state index contributed by atoms with van der Waals surface area (Å²) in [5.74, 6) is 6.04. The van der Waals surface area contributed by atoms with Gasteiger partial charge in [-0.2, -0.15) is 11.3 Å². The van der Waals surface area contributed by atoms with E-state index >= 15 is 0 Å². The molecule has 3 nitrogen and oxygen atoms in total. The third-order valence-corrected chi connectivity index (χ3v) is 15.3. The van der Waals surface area contributed by atoms with Gasteiger partial charge < -0.3 is 4.98 Å². The zero-order valence-corrected chi connectivity index (χ0v) is 38.1. The summed E-state index contributed by atoms with van der Waals surface area (Å²) in [6, 6.07) is 47.6. The topological polar surface area (TPSA) is 46.0 Å². The van der Waals surface area contributed by atoms with Crippen molar-refractivity contribution in [3.8, 4) is 44.8 Å². The molecule has 56 heavy (non-hydrogen) atoms. The summed E-state index contributed by atoms with van der Waals surface area (Å²) in [6.07, 6.45) is 3.43. The minimum atomic E-state index is -2.32. The molecule has 3 aromatic heterocycles. The van der Waals surface area contributed by atoms with Gasteiger partial charge in [-0.3, -0.25) is 0 Å². The Bertz CT molecular complexity index is 2750. The molecule has 1 radical (unpaired) electrons. The van der Waals surface area contributed by atoms with Gasteiger partial charge in [0.25, 0.3) is 0 Å². The molecule has 0 atom stereocenters. The van der Waals surface area contributed by atoms with Crippen LogP contribution in [-0.4, -0.2) is 28.3 Å². The Morgan fingerprint density at radius 3 is 2.09 bits per heavy atom.